The van der Waals surface area contributed by atoms with Gasteiger partial charge in [-0.3, -0.25) is 0 Å². The van der Waals surface area contributed by atoms with Crippen LogP contribution in [-0.4, -0.2) is 0 Å². The standard InChI is InChI=1S/C58H33/c1-4-17-41-35(12-1)26-29-50-52(41)34-54(51-32-39-13-2-5-18-42(39)44-20-7-9-22-46(44)51)58(53-33-40-14-3-6-19-43(40)45-21-8-10-23-47(45)53)57(50)49-31-28-38-25-24-36-15-11-16-37-27-30-48(49)56(38)55(36)37/h1-25,27-34H. The lowest BCUT2D eigenvalue weighted by Gasteiger charge is -2.24. The minimum absolute atomic E-state index is 1.12. The van der Waals surface area contributed by atoms with Gasteiger partial charge in [-0.1, -0.05) is 176 Å². The van der Waals surface area contributed by atoms with Crippen molar-refractivity contribution in [2.24, 2.45) is 0 Å². The summed E-state index contributed by atoms with van der Waals surface area (Å²) >= 11 is 0. The topological polar surface area (TPSA) is 0 Å². The molecule has 0 saturated carbocycles. The van der Waals surface area contributed by atoms with E-state index in [4.69, 9.17) is 0 Å². The predicted octanol–water partition coefficient (Wildman–Crippen LogP) is 16.3. The van der Waals surface area contributed by atoms with Gasteiger partial charge < -0.3 is 0 Å². The van der Waals surface area contributed by atoms with E-state index in [9.17, 15) is 0 Å². The van der Waals surface area contributed by atoms with Crippen molar-refractivity contribution in [3.8, 4) is 33.4 Å². The smallest absolute Gasteiger partial charge is 0.00134 e. The summed E-state index contributed by atoms with van der Waals surface area (Å²) in [5, 5.41) is 22.5. The van der Waals surface area contributed by atoms with E-state index in [-0.39, 0.29) is 0 Å². The third-order valence-electron chi connectivity index (χ3n) is 12.9. The van der Waals surface area contributed by atoms with E-state index >= 15 is 0 Å². The van der Waals surface area contributed by atoms with Crippen LogP contribution in [0, 0.1) is 6.07 Å². The predicted molar refractivity (Wildman–Crippen MR) is 250 cm³/mol. The van der Waals surface area contributed by atoms with Gasteiger partial charge in [-0.2, -0.15) is 0 Å². The summed E-state index contributed by atoms with van der Waals surface area (Å²) in [7, 11) is 0. The van der Waals surface area contributed by atoms with E-state index < -0.39 is 0 Å². The quantitative estimate of drug-likeness (QED) is 0.159. The van der Waals surface area contributed by atoms with Crippen molar-refractivity contribution in [2.45, 2.75) is 0 Å². The summed E-state index contributed by atoms with van der Waals surface area (Å²) in [6.45, 7) is 0. The van der Waals surface area contributed by atoms with Crippen LogP contribution < -0.4 is 0 Å². The summed E-state index contributed by atoms with van der Waals surface area (Å²) < 4.78 is 0. The first-order valence-corrected chi connectivity index (χ1v) is 20.2. The SMILES string of the molecule is [c]1cc2c(-c3ccc4ccc5cccc6ccc3c4c56)c(-c3cc4ccccc4c4ccccc34)c(-c3cc4ccccc4c4ccccc34)cc2c2ccccc12. The highest BCUT2D eigenvalue weighted by molar-refractivity contribution is 6.30. The average molecular weight is 730 g/mol. The van der Waals surface area contributed by atoms with E-state index in [1.807, 2.05) is 0 Å². The van der Waals surface area contributed by atoms with Crippen LogP contribution >= 0.6 is 0 Å². The van der Waals surface area contributed by atoms with Crippen LogP contribution in [0.4, 0.5) is 0 Å². The molecule has 0 heterocycles. The molecule has 0 unspecified atom stereocenters. The fourth-order valence-electron chi connectivity index (χ4n) is 10.3. The van der Waals surface area contributed by atoms with Gasteiger partial charge in [0.25, 0.3) is 0 Å². The fourth-order valence-corrected chi connectivity index (χ4v) is 10.3. The van der Waals surface area contributed by atoms with Gasteiger partial charge in [0.05, 0.1) is 0 Å². The second kappa shape index (κ2) is 12.0. The number of hydrogen-bond donors (Lipinski definition) is 0. The largest absolute Gasteiger partial charge is 0.0616 e. The highest BCUT2D eigenvalue weighted by Gasteiger charge is 2.25. The number of rotatable bonds is 3. The zero-order valence-corrected chi connectivity index (χ0v) is 31.6. The van der Waals surface area contributed by atoms with Gasteiger partial charge in [0, 0.05) is 0 Å². The minimum Gasteiger partial charge on any atom is -0.0616 e. The molecule has 0 heteroatoms. The van der Waals surface area contributed by atoms with Crippen molar-refractivity contribution < 1.29 is 0 Å². The fraction of sp³-hybridized carbons (Fsp3) is 0. The van der Waals surface area contributed by atoms with Crippen LogP contribution in [-0.2, 0) is 0 Å². The van der Waals surface area contributed by atoms with Gasteiger partial charge >= 0.3 is 0 Å². The first-order chi connectivity index (χ1) is 28.8. The maximum atomic E-state index is 3.76. The molecule has 13 aromatic carbocycles. The van der Waals surface area contributed by atoms with Gasteiger partial charge in [0.15, 0.2) is 0 Å². The Balaban J connectivity index is 1.31. The van der Waals surface area contributed by atoms with Crippen molar-refractivity contribution in [2.75, 3.05) is 0 Å². The lowest BCUT2D eigenvalue weighted by molar-refractivity contribution is 1.65. The highest BCUT2D eigenvalue weighted by atomic mass is 14.3. The Bertz CT molecular complexity index is 3830. The number of benzene rings is 13. The molecule has 0 bridgehead atoms. The number of fused-ring (bicyclic) bond motifs is 9. The van der Waals surface area contributed by atoms with E-state index in [0.29, 0.717) is 0 Å². The zero-order valence-electron chi connectivity index (χ0n) is 31.6. The van der Waals surface area contributed by atoms with E-state index in [1.54, 1.807) is 0 Å². The molecule has 0 spiro atoms. The molecule has 0 aromatic heterocycles. The summed E-state index contributed by atoms with van der Waals surface area (Å²) in [5.41, 5.74) is 7.42. The Labute approximate surface area is 335 Å². The van der Waals surface area contributed by atoms with Gasteiger partial charge in [0.1, 0.15) is 0 Å². The zero-order chi connectivity index (χ0) is 37.9. The monoisotopic (exact) mass is 729 g/mol. The second-order valence-corrected chi connectivity index (χ2v) is 15.8. The first-order valence-electron chi connectivity index (χ1n) is 20.2. The van der Waals surface area contributed by atoms with Crippen LogP contribution in [0.25, 0.3) is 130 Å². The first kappa shape index (κ1) is 31.6. The van der Waals surface area contributed by atoms with Crippen molar-refractivity contribution in [3.63, 3.8) is 0 Å². The van der Waals surface area contributed by atoms with Crippen molar-refractivity contribution in [3.05, 3.63) is 206 Å². The second-order valence-electron chi connectivity index (χ2n) is 15.8. The van der Waals surface area contributed by atoms with E-state index in [2.05, 4.69) is 206 Å². The molecule has 58 heavy (non-hydrogen) atoms. The van der Waals surface area contributed by atoms with Gasteiger partial charge in [-0.05, 0) is 161 Å². The molecule has 0 N–H and O–H groups in total. The van der Waals surface area contributed by atoms with Crippen molar-refractivity contribution in [1.29, 1.82) is 0 Å². The molecule has 0 aliphatic heterocycles. The Morgan fingerprint density at radius 2 is 0.759 bits per heavy atom. The molecular formula is C58H33. The van der Waals surface area contributed by atoms with Gasteiger partial charge in [-0.15, -0.1) is 0 Å². The molecule has 0 nitrogen and oxygen atoms in total. The summed E-state index contributed by atoms with van der Waals surface area (Å²) in [4.78, 5) is 0. The highest BCUT2D eigenvalue weighted by Crippen LogP contribution is 2.52. The third kappa shape index (κ3) is 4.40. The molecule has 0 saturated heterocycles. The molecule has 0 aliphatic rings. The molecular weight excluding hydrogens is 697 g/mol. The van der Waals surface area contributed by atoms with Crippen LogP contribution in [0.3, 0.4) is 0 Å². The Kier molecular flexibility index (Phi) is 6.54. The minimum atomic E-state index is 1.12. The third-order valence-corrected chi connectivity index (χ3v) is 12.9. The summed E-state index contributed by atoms with van der Waals surface area (Å²) in [6.07, 6.45) is 0. The molecule has 13 aromatic rings. The maximum absolute atomic E-state index is 3.76. The normalized spacial score (nSPS) is 12.1. The molecule has 13 rings (SSSR count). The van der Waals surface area contributed by atoms with Crippen LogP contribution in [0.1, 0.15) is 0 Å². The van der Waals surface area contributed by atoms with Gasteiger partial charge in [0.2, 0.25) is 0 Å². The van der Waals surface area contributed by atoms with Crippen LogP contribution in [0.5, 0.6) is 0 Å². The van der Waals surface area contributed by atoms with E-state index in [1.165, 1.54) is 125 Å². The molecule has 1 radical (unpaired) electrons. The lowest BCUT2D eigenvalue weighted by atomic mass is 9.78. The van der Waals surface area contributed by atoms with Crippen LogP contribution in [0.2, 0.25) is 0 Å². The summed E-state index contributed by atoms with van der Waals surface area (Å²) in [6, 6.07) is 78.6. The Morgan fingerprint density at radius 1 is 0.241 bits per heavy atom. The molecule has 0 atom stereocenters. The van der Waals surface area contributed by atoms with Crippen molar-refractivity contribution in [1.82, 2.24) is 0 Å². The number of hydrogen-bond acceptors (Lipinski definition) is 0. The van der Waals surface area contributed by atoms with Crippen LogP contribution in [0.15, 0.2) is 200 Å². The molecule has 0 aliphatic carbocycles. The average Bonchev–Trinajstić information content (AvgIpc) is 3.29. The summed E-state index contributed by atoms with van der Waals surface area (Å²) in [5.74, 6) is 0. The molecule has 265 valence electrons. The van der Waals surface area contributed by atoms with Gasteiger partial charge in [-0.25, -0.2) is 0 Å². The molecule has 0 fully saturated rings. The maximum Gasteiger partial charge on any atom is -0.00134 e. The van der Waals surface area contributed by atoms with E-state index in [0.717, 1.165) is 5.39 Å². The Morgan fingerprint density at radius 3 is 1.47 bits per heavy atom. The molecule has 0 amide bonds. The Hall–Kier alpha value is -7.54. The van der Waals surface area contributed by atoms with Crippen molar-refractivity contribution >= 4 is 97.0 Å². The lowest BCUT2D eigenvalue weighted by Crippen LogP contribution is -1.97.